The van der Waals surface area contributed by atoms with Crippen molar-refractivity contribution in [3.63, 3.8) is 0 Å². The Labute approximate surface area is 151 Å². The van der Waals surface area contributed by atoms with E-state index in [2.05, 4.69) is 15.3 Å². The van der Waals surface area contributed by atoms with Crippen LogP contribution >= 0.6 is 11.6 Å². The normalized spacial score (nSPS) is 10.5. The lowest BCUT2D eigenvalue weighted by molar-refractivity contribution is 0.102. The number of hydrogen-bond donors (Lipinski definition) is 1. The number of aromatic nitrogens is 2. The van der Waals surface area contributed by atoms with Gasteiger partial charge in [-0.25, -0.2) is 4.98 Å². The van der Waals surface area contributed by atoms with E-state index in [-0.39, 0.29) is 5.91 Å². The van der Waals surface area contributed by atoms with Crippen molar-refractivity contribution in [3.05, 3.63) is 88.3 Å². The molecule has 3 rings (SSSR count). The quantitative estimate of drug-likeness (QED) is 0.734. The molecule has 0 radical (unpaired) electrons. The van der Waals surface area contributed by atoms with Gasteiger partial charge < -0.3 is 5.32 Å². The van der Waals surface area contributed by atoms with Gasteiger partial charge in [0.25, 0.3) is 5.91 Å². The molecule has 126 valence electrons. The number of anilines is 1. The fraction of sp³-hybridized carbons (Fsp3) is 0.150. The number of carbonyl (C=O) groups excluding carboxylic acids is 1. The Morgan fingerprint density at radius 2 is 1.92 bits per heavy atom. The Kier molecular flexibility index (Phi) is 5.41. The molecule has 25 heavy (non-hydrogen) atoms. The molecule has 0 unspecified atom stereocenters. The van der Waals surface area contributed by atoms with E-state index in [9.17, 15) is 4.79 Å². The molecule has 4 nitrogen and oxygen atoms in total. The van der Waals surface area contributed by atoms with Gasteiger partial charge in [-0.15, -0.1) is 0 Å². The fourth-order valence-electron chi connectivity index (χ4n) is 2.44. The summed E-state index contributed by atoms with van der Waals surface area (Å²) in [6.45, 7) is 2.02. The summed E-state index contributed by atoms with van der Waals surface area (Å²) in [6.07, 6.45) is 4.93. The standard InChI is InChI=1S/C20H18ClN3O/c1-2-18-8-7-16(13-22-18)20(25)24-19-9-6-15(12-23-19)10-14-4-3-5-17(21)11-14/h3-9,11-13H,2,10H2,1H3,(H,23,24,25). The molecule has 1 aromatic carbocycles. The predicted octanol–water partition coefficient (Wildman–Crippen LogP) is 4.54. The zero-order valence-corrected chi connectivity index (χ0v) is 14.6. The molecular weight excluding hydrogens is 334 g/mol. The van der Waals surface area contributed by atoms with Gasteiger partial charge in [-0.3, -0.25) is 9.78 Å². The van der Waals surface area contributed by atoms with E-state index in [0.29, 0.717) is 11.4 Å². The number of nitrogens with zero attached hydrogens (tertiary/aromatic N) is 2. The zero-order valence-electron chi connectivity index (χ0n) is 13.9. The van der Waals surface area contributed by atoms with Gasteiger partial charge in [0.15, 0.2) is 0 Å². The third kappa shape index (κ3) is 4.64. The van der Waals surface area contributed by atoms with Crippen LogP contribution in [0.15, 0.2) is 60.9 Å². The van der Waals surface area contributed by atoms with Crippen molar-refractivity contribution >= 4 is 23.3 Å². The molecular formula is C20H18ClN3O. The maximum Gasteiger partial charge on any atom is 0.258 e. The maximum atomic E-state index is 12.2. The smallest absolute Gasteiger partial charge is 0.258 e. The Balaban J connectivity index is 1.64. The minimum Gasteiger partial charge on any atom is -0.307 e. The predicted molar refractivity (Wildman–Crippen MR) is 100 cm³/mol. The second-order valence-corrected chi connectivity index (χ2v) is 6.14. The summed E-state index contributed by atoms with van der Waals surface area (Å²) >= 11 is 6.00. The molecule has 0 aliphatic heterocycles. The topological polar surface area (TPSA) is 54.9 Å². The van der Waals surface area contributed by atoms with E-state index in [1.54, 1.807) is 24.5 Å². The van der Waals surface area contributed by atoms with Crippen LogP contribution in [0.5, 0.6) is 0 Å². The molecule has 0 atom stereocenters. The summed E-state index contributed by atoms with van der Waals surface area (Å²) in [7, 11) is 0. The van der Waals surface area contributed by atoms with Crippen LogP contribution in [0.4, 0.5) is 5.82 Å². The molecule has 3 aromatic rings. The maximum absolute atomic E-state index is 12.2. The van der Waals surface area contributed by atoms with Gasteiger partial charge in [0.1, 0.15) is 5.82 Å². The van der Waals surface area contributed by atoms with Gasteiger partial charge in [0.05, 0.1) is 5.56 Å². The lowest BCUT2D eigenvalue weighted by Crippen LogP contribution is -2.13. The van der Waals surface area contributed by atoms with Crippen LogP contribution in [0.25, 0.3) is 0 Å². The zero-order chi connectivity index (χ0) is 17.6. The first-order chi connectivity index (χ1) is 12.1. The van der Waals surface area contributed by atoms with Gasteiger partial charge in [-0.1, -0.05) is 36.7 Å². The van der Waals surface area contributed by atoms with Crippen molar-refractivity contribution < 1.29 is 4.79 Å². The number of amides is 1. The van der Waals surface area contributed by atoms with Gasteiger partial charge in [-0.2, -0.15) is 0 Å². The van der Waals surface area contributed by atoms with Crippen LogP contribution in [-0.4, -0.2) is 15.9 Å². The summed E-state index contributed by atoms with van der Waals surface area (Å²) in [4.78, 5) is 20.8. The van der Waals surface area contributed by atoms with E-state index in [0.717, 1.165) is 34.7 Å². The largest absolute Gasteiger partial charge is 0.307 e. The van der Waals surface area contributed by atoms with Gasteiger partial charge >= 0.3 is 0 Å². The van der Waals surface area contributed by atoms with Crippen molar-refractivity contribution in [1.82, 2.24) is 9.97 Å². The summed E-state index contributed by atoms with van der Waals surface area (Å²) in [5, 5.41) is 3.50. The van der Waals surface area contributed by atoms with E-state index >= 15 is 0 Å². The number of pyridine rings is 2. The number of halogens is 1. The minimum atomic E-state index is -0.217. The van der Waals surface area contributed by atoms with Gasteiger partial charge in [0.2, 0.25) is 0 Å². The lowest BCUT2D eigenvalue weighted by atomic mass is 10.1. The highest BCUT2D eigenvalue weighted by atomic mass is 35.5. The number of hydrogen-bond acceptors (Lipinski definition) is 3. The molecule has 2 heterocycles. The molecule has 2 aromatic heterocycles. The molecule has 0 aliphatic rings. The molecule has 0 saturated carbocycles. The van der Waals surface area contributed by atoms with Crippen LogP contribution in [0.2, 0.25) is 5.02 Å². The SMILES string of the molecule is CCc1ccc(C(=O)Nc2ccc(Cc3cccc(Cl)c3)cn2)cn1. The van der Waals surface area contributed by atoms with Crippen LogP contribution in [0.3, 0.4) is 0 Å². The Morgan fingerprint density at radius 3 is 2.56 bits per heavy atom. The number of nitrogens with one attached hydrogen (secondary N) is 1. The molecule has 0 spiro atoms. The van der Waals surface area contributed by atoms with E-state index in [1.807, 2.05) is 43.3 Å². The van der Waals surface area contributed by atoms with Crippen molar-refractivity contribution in [2.75, 3.05) is 5.32 Å². The third-order valence-electron chi connectivity index (χ3n) is 3.81. The second kappa shape index (κ2) is 7.90. The van der Waals surface area contributed by atoms with Crippen molar-refractivity contribution in [2.24, 2.45) is 0 Å². The number of aryl methyl sites for hydroxylation is 1. The fourth-order valence-corrected chi connectivity index (χ4v) is 2.65. The second-order valence-electron chi connectivity index (χ2n) is 5.70. The summed E-state index contributed by atoms with van der Waals surface area (Å²) in [5.74, 6) is 0.296. The highest BCUT2D eigenvalue weighted by Gasteiger charge is 2.07. The van der Waals surface area contributed by atoms with E-state index < -0.39 is 0 Å². The molecule has 1 amide bonds. The molecule has 0 aliphatic carbocycles. The molecule has 5 heteroatoms. The third-order valence-corrected chi connectivity index (χ3v) is 4.05. The summed E-state index contributed by atoms with van der Waals surface area (Å²) < 4.78 is 0. The van der Waals surface area contributed by atoms with Crippen molar-refractivity contribution in [3.8, 4) is 0 Å². The Bertz CT molecular complexity index is 861. The summed E-state index contributed by atoms with van der Waals surface area (Å²) in [5.41, 5.74) is 3.64. The molecule has 0 bridgehead atoms. The Morgan fingerprint density at radius 1 is 1.04 bits per heavy atom. The average molecular weight is 352 g/mol. The van der Waals surface area contributed by atoms with Crippen LogP contribution in [0, 0.1) is 0 Å². The number of carbonyl (C=O) groups is 1. The minimum absolute atomic E-state index is 0.217. The van der Waals surface area contributed by atoms with Gasteiger partial charge in [0, 0.05) is 23.1 Å². The first kappa shape index (κ1) is 17.1. The lowest BCUT2D eigenvalue weighted by Gasteiger charge is -2.06. The van der Waals surface area contributed by atoms with Gasteiger partial charge in [-0.05, 0) is 54.3 Å². The van der Waals surface area contributed by atoms with Crippen molar-refractivity contribution in [1.29, 1.82) is 0 Å². The molecule has 0 saturated heterocycles. The molecule has 1 N–H and O–H groups in total. The first-order valence-corrected chi connectivity index (χ1v) is 8.47. The van der Waals surface area contributed by atoms with E-state index in [1.165, 1.54) is 0 Å². The van der Waals surface area contributed by atoms with Crippen LogP contribution in [0.1, 0.15) is 34.1 Å². The highest BCUT2D eigenvalue weighted by Crippen LogP contribution is 2.15. The van der Waals surface area contributed by atoms with Crippen LogP contribution in [-0.2, 0) is 12.8 Å². The van der Waals surface area contributed by atoms with Crippen LogP contribution < -0.4 is 5.32 Å². The molecule has 0 fully saturated rings. The van der Waals surface area contributed by atoms with Crippen molar-refractivity contribution in [2.45, 2.75) is 19.8 Å². The average Bonchev–Trinajstić information content (AvgIpc) is 2.63. The monoisotopic (exact) mass is 351 g/mol. The number of rotatable bonds is 5. The Hall–Kier alpha value is -2.72. The highest BCUT2D eigenvalue weighted by molar-refractivity contribution is 6.30. The summed E-state index contributed by atoms with van der Waals surface area (Å²) in [6, 6.07) is 15.1. The first-order valence-electron chi connectivity index (χ1n) is 8.09. The number of benzene rings is 1. The van der Waals surface area contributed by atoms with E-state index in [4.69, 9.17) is 11.6 Å².